The van der Waals surface area contributed by atoms with E-state index in [2.05, 4.69) is 20.8 Å². The molecule has 3 aliphatic rings. The highest BCUT2D eigenvalue weighted by molar-refractivity contribution is 5.80. The van der Waals surface area contributed by atoms with Gasteiger partial charge in [0.15, 0.2) is 5.60 Å². The second kappa shape index (κ2) is 5.10. The standard InChI is InChI=1S/C17H28N2O4/c1-15(2)12-5-6-16(15,3)10-19(9-12)14(22)18-7-8-23-17(4,11-18)13(20)21/h12H,5-11H2,1-4H3,(H,20,21)/t12-,16+,17?/m1/s1. The lowest BCUT2D eigenvalue weighted by Gasteiger charge is -2.51. The zero-order valence-electron chi connectivity index (χ0n) is 14.6. The normalized spacial score (nSPS) is 39.4. The van der Waals surface area contributed by atoms with Crippen LogP contribution < -0.4 is 0 Å². The van der Waals surface area contributed by atoms with E-state index in [1.165, 1.54) is 6.42 Å². The van der Waals surface area contributed by atoms with E-state index >= 15 is 0 Å². The average molecular weight is 324 g/mol. The highest BCUT2D eigenvalue weighted by Crippen LogP contribution is 2.59. The van der Waals surface area contributed by atoms with Crippen LogP contribution in [-0.4, -0.2) is 65.3 Å². The van der Waals surface area contributed by atoms with Crippen LogP contribution in [0.4, 0.5) is 4.79 Å². The molecule has 3 rings (SSSR count). The molecule has 2 saturated heterocycles. The van der Waals surface area contributed by atoms with Gasteiger partial charge in [0.25, 0.3) is 0 Å². The van der Waals surface area contributed by atoms with Crippen LogP contribution in [0.15, 0.2) is 0 Å². The van der Waals surface area contributed by atoms with E-state index in [0.717, 1.165) is 19.5 Å². The van der Waals surface area contributed by atoms with Gasteiger partial charge in [0.2, 0.25) is 0 Å². The van der Waals surface area contributed by atoms with Crippen molar-refractivity contribution in [2.24, 2.45) is 16.7 Å². The Hall–Kier alpha value is -1.30. The van der Waals surface area contributed by atoms with E-state index < -0.39 is 11.6 Å². The lowest BCUT2D eigenvalue weighted by atomic mass is 9.63. The maximum atomic E-state index is 12.9. The molecule has 1 unspecified atom stereocenters. The van der Waals surface area contributed by atoms with E-state index in [4.69, 9.17) is 4.74 Å². The number of ether oxygens (including phenoxy) is 1. The van der Waals surface area contributed by atoms with Crippen LogP contribution in [0.3, 0.4) is 0 Å². The van der Waals surface area contributed by atoms with Gasteiger partial charge in [-0.3, -0.25) is 0 Å². The minimum atomic E-state index is -1.30. The van der Waals surface area contributed by atoms with Gasteiger partial charge in [-0.2, -0.15) is 0 Å². The van der Waals surface area contributed by atoms with Crippen molar-refractivity contribution in [3.63, 3.8) is 0 Å². The Kier molecular flexibility index (Phi) is 3.67. The van der Waals surface area contributed by atoms with Gasteiger partial charge >= 0.3 is 12.0 Å². The van der Waals surface area contributed by atoms with Gasteiger partial charge in [-0.15, -0.1) is 0 Å². The van der Waals surface area contributed by atoms with Crippen molar-refractivity contribution in [3.05, 3.63) is 0 Å². The number of carboxylic acid groups (broad SMARTS) is 1. The van der Waals surface area contributed by atoms with Crippen molar-refractivity contribution in [1.82, 2.24) is 9.80 Å². The van der Waals surface area contributed by atoms with Gasteiger partial charge in [-0.05, 0) is 36.5 Å². The summed E-state index contributed by atoms with van der Waals surface area (Å²) in [6, 6.07) is -0.0330. The lowest BCUT2D eigenvalue weighted by molar-refractivity contribution is -0.172. The summed E-state index contributed by atoms with van der Waals surface area (Å²) in [5.41, 5.74) is -0.899. The Labute approximate surface area is 137 Å². The summed E-state index contributed by atoms with van der Waals surface area (Å²) in [6.07, 6.45) is 2.33. The Morgan fingerprint density at radius 1 is 1.13 bits per heavy atom. The fourth-order valence-corrected chi connectivity index (χ4v) is 4.53. The predicted octanol–water partition coefficient (Wildman–Crippen LogP) is 2.04. The molecule has 23 heavy (non-hydrogen) atoms. The molecule has 0 aromatic heterocycles. The average Bonchev–Trinajstić information content (AvgIpc) is 2.64. The summed E-state index contributed by atoms with van der Waals surface area (Å²) < 4.78 is 5.39. The molecule has 130 valence electrons. The van der Waals surface area contributed by atoms with Crippen LogP contribution in [0.25, 0.3) is 0 Å². The van der Waals surface area contributed by atoms with Crippen molar-refractivity contribution < 1.29 is 19.4 Å². The number of carbonyl (C=O) groups excluding carboxylic acids is 1. The molecule has 6 nitrogen and oxygen atoms in total. The predicted molar refractivity (Wildman–Crippen MR) is 85.1 cm³/mol. The van der Waals surface area contributed by atoms with Crippen LogP contribution >= 0.6 is 0 Å². The van der Waals surface area contributed by atoms with Gasteiger partial charge in [0, 0.05) is 19.6 Å². The maximum absolute atomic E-state index is 12.9. The second-order valence-electron chi connectivity index (χ2n) is 8.49. The van der Waals surface area contributed by atoms with Crippen molar-refractivity contribution in [2.75, 3.05) is 32.8 Å². The van der Waals surface area contributed by atoms with Crippen LogP contribution in [0.2, 0.25) is 0 Å². The number of likely N-dealkylation sites (tertiary alicyclic amines) is 1. The van der Waals surface area contributed by atoms with Crippen LogP contribution in [0, 0.1) is 16.7 Å². The number of morpholine rings is 1. The van der Waals surface area contributed by atoms with Crippen molar-refractivity contribution in [1.29, 1.82) is 0 Å². The second-order valence-corrected chi connectivity index (χ2v) is 8.49. The number of rotatable bonds is 1. The smallest absolute Gasteiger partial charge is 0.337 e. The van der Waals surface area contributed by atoms with Crippen LogP contribution in [0.5, 0.6) is 0 Å². The molecular weight excluding hydrogens is 296 g/mol. The number of amides is 2. The Balaban J connectivity index is 1.74. The van der Waals surface area contributed by atoms with E-state index in [-0.39, 0.29) is 30.0 Å². The molecule has 2 amide bonds. The van der Waals surface area contributed by atoms with Crippen molar-refractivity contribution >= 4 is 12.0 Å². The molecule has 2 bridgehead atoms. The highest BCUT2D eigenvalue weighted by atomic mass is 16.5. The summed E-state index contributed by atoms with van der Waals surface area (Å²) in [4.78, 5) is 27.9. The van der Waals surface area contributed by atoms with E-state index in [1.807, 2.05) is 4.90 Å². The fraction of sp³-hybridized carbons (Fsp3) is 0.882. The number of piperidine rings is 1. The topological polar surface area (TPSA) is 70.1 Å². The Bertz CT molecular complexity index is 535. The first-order chi connectivity index (χ1) is 10.6. The molecule has 0 aromatic rings. The number of aliphatic carboxylic acids is 1. The number of hydrogen-bond donors (Lipinski definition) is 1. The number of carbonyl (C=O) groups is 2. The number of hydrogen-bond acceptors (Lipinski definition) is 3. The molecule has 3 atom stereocenters. The van der Waals surface area contributed by atoms with Gasteiger partial charge in [0.05, 0.1) is 13.2 Å². The third kappa shape index (κ3) is 2.42. The number of carboxylic acids is 1. The highest BCUT2D eigenvalue weighted by Gasteiger charge is 2.56. The third-order valence-electron chi connectivity index (χ3n) is 6.87. The molecule has 0 aromatic carbocycles. The minimum absolute atomic E-state index is 0.0330. The first-order valence-electron chi connectivity index (χ1n) is 8.50. The largest absolute Gasteiger partial charge is 0.479 e. The quantitative estimate of drug-likeness (QED) is 0.801. The molecule has 3 fully saturated rings. The number of urea groups is 1. The van der Waals surface area contributed by atoms with Gasteiger partial charge in [0.1, 0.15) is 0 Å². The molecular formula is C17H28N2O4. The minimum Gasteiger partial charge on any atom is -0.479 e. The van der Waals surface area contributed by atoms with Gasteiger partial charge in [-0.1, -0.05) is 20.8 Å². The summed E-state index contributed by atoms with van der Waals surface area (Å²) in [5.74, 6) is -0.487. The van der Waals surface area contributed by atoms with E-state index in [1.54, 1.807) is 11.8 Å². The Morgan fingerprint density at radius 3 is 2.43 bits per heavy atom. The third-order valence-corrected chi connectivity index (χ3v) is 6.87. The molecule has 2 heterocycles. The summed E-state index contributed by atoms with van der Waals surface area (Å²) >= 11 is 0. The first kappa shape index (κ1) is 16.6. The molecule has 1 saturated carbocycles. The van der Waals surface area contributed by atoms with Gasteiger partial charge in [-0.25, -0.2) is 9.59 Å². The molecule has 0 radical (unpaired) electrons. The maximum Gasteiger partial charge on any atom is 0.337 e. The zero-order valence-corrected chi connectivity index (χ0v) is 14.6. The van der Waals surface area contributed by atoms with Crippen molar-refractivity contribution in [3.8, 4) is 0 Å². The number of nitrogens with zero attached hydrogens (tertiary/aromatic N) is 2. The van der Waals surface area contributed by atoms with E-state index in [0.29, 0.717) is 12.5 Å². The molecule has 6 heteroatoms. The molecule has 1 aliphatic carbocycles. The Morgan fingerprint density at radius 2 is 1.83 bits per heavy atom. The fourth-order valence-electron chi connectivity index (χ4n) is 4.53. The zero-order chi connectivity index (χ0) is 17.0. The van der Waals surface area contributed by atoms with E-state index in [9.17, 15) is 14.7 Å². The first-order valence-corrected chi connectivity index (χ1v) is 8.50. The van der Waals surface area contributed by atoms with Gasteiger partial charge < -0.3 is 19.6 Å². The SMILES string of the molecule is CC1(C(=O)O)CN(C(=O)N2C[C@H]3CC[C@@](C)(C2)C3(C)C)CCO1. The monoisotopic (exact) mass is 324 g/mol. The lowest BCUT2D eigenvalue weighted by Crippen LogP contribution is -2.61. The molecule has 2 aliphatic heterocycles. The molecule has 0 spiro atoms. The van der Waals surface area contributed by atoms with Crippen LogP contribution in [-0.2, 0) is 9.53 Å². The summed E-state index contributed by atoms with van der Waals surface area (Å²) in [5, 5.41) is 9.33. The molecule has 1 N–H and O–H groups in total. The van der Waals surface area contributed by atoms with Crippen LogP contribution in [0.1, 0.15) is 40.5 Å². The number of fused-ring (bicyclic) bond motifs is 2. The summed E-state index contributed by atoms with van der Waals surface area (Å²) in [6.45, 7) is 10.9. The summed E-state index contributed by atoms with van der Waals surface area (Å²) in [7, 11) is 0. The van der Waals surface area contributed by atoms with Crippen molar-refractivity contribution in [2.45, 2.75) is 46.1 Å².